The lowest BCUT2D eigenvalue weighted by atomic mass is 10.2. The lowest BCUT2D eigenvalue weighted by molar-refractivity contribution is 0.304. The van der Waals surface area contributed by atoms with Crippen LogP contribution in [0.3, 0.4) is 0 Å². The molecule has 0 saturated carbocycles. The molecule has 0 aliphatic rings. The quantitative estimate of drug-likeness (QED) is 0.788. The van der Waals surface area contributed by atoms with Gasteiger partial charge in [0.05, 0.1) is 0 Å². The van der Waals surface area contributed by atoms with E-state index >= 15 is 0 Å². The minimum Gasteiger partial charge on any atom is -0.489 e. The summed E-state index contributed by atoms with van der Waals surface area (Å²) in [6.45, 7) is 2.35. The highest BCUT2D eigenvalue weighted by molar-refractivity contribution is 5.23. The van der Waals surface area contributed by atoms with E-state index in [1.54, 1.807) is 18.3 Å². The lowest BCUT2D eigenvalue weighted by Crippen LogP contribution is -1.96. The van der Waals surface area contributed by atoms with Crippen LogP contribution in [0.4, 0.5) is 4.39 Å². The summed E-state index contributed by atoms with van der Waals surface area (Å²) in [4.78, 5) is 4.09. The van der Waals surface area contributed by atoms with Crippen LogP contribution in [0.5, 0.6) is 5.75 Å². The van der Waals surface area contributed by atoms with E-state index in [4.69, 9.17) is 4.74 Å². The molecule has 1 aromatic carbocycles. The number of benzene rings is 1. The fraction of sp³-hybridized carbons (Fsp3) is 0.154. The number of pyridine rings is 1. The van der Waals surface area contributed by atoms with Gasteiger partial charge in [0.2, 0.25) is 0 Å². The van der Waals surface area contributed by atoms with Gasteiger partial charge in [-0.2, -0.15) is 0 Å². The second kappa shape index (κ2) is 4.75. The Hall–Kier alpha value is -1.90. The summed E-state index contributed by atoms with van der Waals surface area (Å²) in [5.74, 6) is 0.248. The number of hydrogen-bond donors (Lipinski definition) is 0. The highest BCUT2D eigenvalue weighted by atomic mass is 19.1. The molecular weight excluding hydrogens is 205 g/mol. The van der Waals surface area contributed by atoms with Gasteiger partial charge in [-0.25, -0.2) is 4.39 Å². The molecule has 0 unspecified atom stereocenters. The molecule has 0 atom stereocenters. The van der Waals surface area contributed by atoms with Crippen molar-refractivity contribution in [3.8, 4) is 5.75 Å². The first kappa shape index (κ1) is 10.6. The minimum absolute atomic E-state index is 0.289. The highest BCUT2D eigenvalue weighted by Gasteiger charge is 1.98. The van der Waals surface area contributed by atoms with Gasteiger partial charge in [-0.3, -0.25) is 4.98 Å². The van der Waals surface area contributed by atoms with E-state index in [0.717, 1.165) is 11.3 Å². The van der Waals surface area contributed by atoms with Gasteiger partial charge in [0, 0.05) is 18.0 Å². The Labute approximate surface area is 93.7 Å². The van der Waals surface area contributed by atoms with Gasteiger partial charge in [0.25, 0.3) is 0 Å². The first-order valence-electron chi connectivity index (χ1n) is 5.04. The van der Waals surface area contributed by atoms with E-state index in [0.29, 0.717) is 12.4 Å². The van der Waals surface area contributed by atoms with Gasteiger partial charge in [-0.15, -0.1) is 0 Å². The molecule has 1 heterocycles. The van der Waals surface area contributed by atoms with Crippen molar-refractivity contribution < 1.29 is 9.13 Å². The maximum absolute atomic E-state index is 12.9. The molecule has 2 nitrogen and oxygen atoms in total. The number of hydrogen-bond acceptors (Lipinski definition) is 2. The Bertz CT molecular complexity index is 439. The molecule has 16 heavy (non-hydrogen) atoms. The zero-order chi connectivity index (χ0) is 11.4. The molecule has 0 bridgehead atoms. The standard InChI is InChI=1S/C13H12FNO/c1-10-7-11(5-6-15-10)9-16-13-4-2-3-12(14)8-13/h2-8H,9H2,1H3. The van der Waals surface area contributed by atoms with Crippen molar-refractivity contribution in [3.05, 3.63) is 59.7 Å². The van der Waals surface area contributed by atoms with Crippen LogP contribution in [-0.4, -0.2) is 4.98 Å². The molecule has 1 aromatic heterocycles. The van der Waals surface area contributed by atoms with Crippen molar-refractivity contribution in [3.63, 3.8) is 0 Å². The zero-order valence-corrected chi connectivity index (χ0v) is 8.98. The van der Waals surface area contributed by atoms with E-state index in [1.165, 1.54) is 12.1 Å². The topological polar surface area (TPSA) is 22.1 Å². The van der Waals surface area contributed by atoms with E-state index < -0.39 is 0 Å². The van der Waals surface area contributed by atoms with Crippen LogP contribution in [0.2, 0.25) is 0 Å². The molecule has 0 radical (unpaired) electrons. The van der Waals surface area contributed by atoms with Crippen LogP contribution in [0.25, 0.3) is 0 Å². The summed E-state index contributed by atoms with van der Waals surface area (Å²) in [6, 6.07) is 9.95. The Morgan fingerprint density at radius 3 is 2.88 bits per heavy atom. The first-order chi connectivity index (χ1) is 7.74. The van der Waals surface area contributed by atoms with Crippen molar-refractivity contribution in [1.29, 1.82) is 0 Å². The van der Waals surface area contributed by atoms with E-state index in [2.05, 4.69) is 4.98 Å². The molecular formula is C13H12FNO. The van der Waals surface area contributed by atoms with Crippen molar-refractivity contribution in [2.45, 2.75) is 13.5 Å². The van der Waals surface area contributed by atoms with Crippen molar-refractivity contribution in [1.82, 2.24) is 4.98 Å². The summed E-state index contributed by atoms with van der Waals surface area (Å²) >= 11 is 0. The van der Waals surface area contributed by atoms with Crippen molar-refractivity contribution in [2.75, 3.05) is 0 Å². The second-order valence-electron chi connectivity index (χ2n) is 3.55. The van der Waals surface area contributed by atoms with Crippen LogP contribution in [0.1, 0.15) is 11.3 Å². The van der Waals surface area contributed by atoms with Crippen LogP contribution < -0.4 is 4.74 Å². The van der Waals surface area contributed by atoms with Crippen molar-refractivity contribution in [2.24, 2.45) is 0 Å². The summed E-state index contributed by atoms with van der Waals surface area (Å²) < 4.78 is 18.3. The second-order valence-corrected chi connectivity index (χ2v) is 3.55. The van der Waals surface area contributed by atoms with E-state index in [1.807, 2.05) is 19.1 Å². The fourth-order valence-corrected chi connectivity index (χ4v) is 1.42. The smallest absolute Gasteiger partial charge is 0.126 e. The van der Waals surface area contributed by atoms with Crippen LogP contribution in [0.15, 0.2) is 42.6 Å². The molecule has 0 amide bonds. The maximum Gasteiger partial charge on any atom is 0.126 e. The fourth-order valence-electron chi connectivity index (χ4n) is 1.42. The Kier molecular flexibility index (Phi) is 3.15. The van der Waals surface area contributed by atoms with Gasteiger partial charge < -0.3 is 4.74 Å². The largest absolute Gasteiger partial charge is 0.489 e. The van der Waals surface area contributed by atoms with E-state index in [-0.39, 0.29) is 5.82 Å². The molecule has 0 aliphatic carbocycles. The average molecular weight is 217 g/mol. The Morgan fingerprint density at radius 1 is 1.25 bits per heavy atom. The van der Waals surface area contributed by atoms with Gasteiger partial charge in [-0.1, -0.05) is 6.07 Å². The first-order valence-corrected chi connectivity index (χ1v) is 5.04. The van der Waals surface area contributed by atoms with Gasteiger partial charge in [-0.05, 0) is 36.8 Å². The number of halogens is 1. The summed E-state index contributed by atoms with van der Waals surface area (Å²) in [5, 5.41) is 0. The molecule has 0 N–H and O–H groups in total. The van der Waals surface area contributed by atoms with Crippen LogP contribution in [-0.2, 0) is 6.61 Å². The van der Waals surface area contributed by atoms with Gasteiger partial charge >= 0.3 is 0 Å². The summed E-state index contributed by atoms with van der Waals surface area (Å²) in [7, 11) is 0. The zero-order valence-electron chi connectivity index (χ0n) is 8.98. The molecule has 2 aromatic rings. The predicted octanol–water partition coefficient (Wildman–Crippen LogP) is 3.11. The molecule has 0 fully saturated rings. The number of nitrogens with zero attached hydrogens (tertiary/aromatic N) is 1. The third-order valence-corrected chi connectivity index (χ3v) is 2.16. The molecule has 0 saturated heterocycles. The van der Waals surface area contributed by atoms with Crippen LogP contribution in [0, 0.1) is 12.7 Å². The van der Waals surface area contributed by atoms with E-state index in [9.17, 15) is 4.39 Å². The summed E-state index contributed by atoms with van der Waals surface area (Å²) in [5.41, 5.74) is 1.97. The number of aryl methyl sites for hydroxylation is 1. The molecule has 2 rings (SSSR count). The highest BCUT2D eigenvalue weighted by Crippen LogP contribution is 2.14. The van der Waals surface area contributed by atoms with Crippen molar-refractivity contribution >= 4 is 0 Å². The maximum atomic E-state index is 12.9. The van der Waals surface area contributed by atoms with Gasteiger partial charge in [0.1, 0.15) is 18.2 Å². The monoisotopic (exact) mass is 217 g/mol. The molecule has 0 aliphatic heterocycles. The average Bonchev–Trinajstić information content (AvgIpc) is 2.27. The summed E-state index contributed by atoms with van der Waals surface area (Å²) in [6.07, 6.45) is 1.74. The molecule has 3 heteroatoms. The normalized spacial score (nSPS) is 10.1. The van der Waals surface area contributed by atoms with Gasteiger partial charge in [0.15, 0.2) is 0 Å². The van der Waals surface area contributed by atoms with Crippen LogP contribution >= 0.6 is 0 Å². The molecule has 82 valence electrons. The minimum atomic E-state index is -0.289. The third-order valence-electron chi connectivity index (χ3n) is 2.16. The number of rotatable bonds is 3. The third kappa shape index (κ3) is 2.79. The molecule has 0 spiro atoms. The number of ether oxygens (including phenoxy) is 1. The lowest BCUT2D eigenvalue weighted by Gasteiger charge is -2.06. The Morgan fingerprint density at radius 2 is 2.12 bits per heavy atom. The number of aromatic nitrogens is 1. The predicted molar refractivity (Wildman–Crippen MR) is 59.7 cm³/mol. The Balaban J connectivity index is 2.02. The SMILES string of the molecule is Cc1cc(COc2cccc(F)c2)ccn1.